The first-order valence-electron chi connectivity index (χ1n) is 11.4. The number of nitrogens with one attached hydrogen (secondary N) is 1. The Kier molecular flexibility index (Phi) is 6.74. The van der Waals surface area contributed by atoms with E-state index >= 15 is 0 Å². The maximum absolute atomic E-state index is 12.8. The van der Waals surface area contributed by atoms with Crippen LogP contribution in [0.1, 0.15) is 49.0 Å². The van der Waals surface area contributed by atoms with Crippen molar-refractivity contribution in [1.82, 2.24) is 5.32 Å². The lowest BCUT2D eigenvalue weighted by atomic mass is 10.1. The monoisotopic (exact) mass is 430 g/mol. The molecule has 0 spiro atoms. The fraction of sp³-hybridized carbons (Fsp3) is 0.333. The minimum atomic E-state index is 0.0296. The fourth-order valence-corrected chi connectivity index (χ4v) is 4.21. The second kappa shape index (κ2) is 9.86. The van der Waals surface area contributed by atoms with Crippen LogP contribution in [0.4, 0.5) is 5.69 Å². The lowest BCUT2D eigenvalue weighted by Gasteiger charge is -2.17. The fourth-order valence-electron chi connectivity index (χ4n) is 4.21. The molecule has 1 aliphatic heterocycles. The number of amides is 2. The van der Waals surface area contributed by atoms with E-state index in [4.69, 9.17) is 4.74 Å². The van der Waals surface area contributed by atoms with Gasteiger partial charge in [0.15, 0.2) is 0 Å². The number of carbonyl (C=O) groups excluding carboxylic acids is 2. The second-order valence-electron chi connectivity index (χ2n) is 8.51. The minimum absolute atomic E-state index is 0.0296. The topological polar surface area (TPSA) is 58.6 Å². The summed E-state index contributed by atoms with van der Waals surface area (Å²) in [5, 5.41) is 5.10. The standard InChI is InChI=1S/C27H30N2O3/c1-19(2)32-22-15-13-20(14-16-22)7-5-17-28-25(30)12-6-18-29-24-11-4-9-21-8-3-10-23(26(21)24)27(29)31/h3-4,8-11,13-16,19H,5-7,12,17-18H2,1-2H3,(H,28,30). The van der Waals surface area contributed by atoms with Crippen LogP contribution in [-0.4, -0.2) is 31.0 Å². The zero-order chi connectivity index (χ0) is 22.5. The summed E-state index contributed by atoms with van der Waals surface area (Å²) in [7, 11) is 0. The Morgan fingerprint density at radius 3 is 2.50 bits per heavy atom. The van der Waals surface area contributed by atoms with Crippen molar-refractivity contribution in [2.75, 3.05) is 18.0 Å². The first-order chi connectivity index (χ1) is 15.5. The summed E-state index contributed by atoms with van der Waals surface area (Å²) < 4.78 is 5.66. The van der Waals surface area contributed by atoms with Crippen molar-refractivity contribution in [1.29, 1.82) is 0 Å². The molecule has 4 rings (SSSR count). The summed E-state index contributed by atoms with van der Waals surface area (Å²) in [5.74, 6) is 0.947. The molecule has 5 heteroatoms. The molecular formula is C27H30N2O3. The van der Waals surface area contributed by atoms with Gasteiger partial charge in [-0.05, 0) is 68.3 Å². The molecular weight excluding hydrogens is 400 g/mol. The van der Waals surface area contributed by atoms with Gasteiger partial charge in [-0.15, -0.1) is 0 Å². The van der Waals surface area contributed by atoms with Crippen molar-refractivity contribution in [3.63, 3.8) is 0 Å². The first kappa shape index (κ1) is 21.9. The largest absolute Gasteiger partial charge is 0.491 e. The molecule has 0 bridgehead atoms. The van der Waals surface area contributed by atoms with Crippen LogP contribution in [-0.2, 0) is 11.2 Å². The molecule has 0 aliphatic carbocycles. The van der Waals surface area contributed by atoms with Gasteiger partial charge in [0.05, 0.1) is 11.8 Å². The maximum Gasteiger partial charge on any atom is 0.258 e. The Bertz CT molecular complexity index is 1100. The van der Waals surface area contributed by atoms with Crippen LogP contribution in [0, 0.1) is 0 Å². The van der Waals surface area contributed by atoms with Gasteiger partial charge in [0, 0.05) is 30.5 Å². The number of aryl methyl sites for hydroxylation is 1. The molecule has 0 unspecified atom stereocenters. The van der Waals surface area contributed by atoms with Crippen LogP contribution in [0.3, 0.4) is 0 Å². The molecule has 0 saturated carbocycles. The van der Waals surface area contributed by atoms with Crippen LogP contribution in [0.2, 0.25) is 0 Å². The van der Waals surface area contributed by atoms with E-state index in [-0.39, 0.29) is 17.9 Å². The van der Waals surface area contributed by atoms with Gasteiger partial charge in [-0.2, -0.15) is 0 Å². The van der Waals surface area contributed by atoms with Crippen molar-refractivity contribution in [2.45, 2.75) is 45.6 Å². The van der Waals surface area contributed by atoms with Crippen molar-refractivity contribution in [2.24, 2.45) is 0 Å². The Labute approximate surface area is 189 Å². The average Bonchev–Trinajstić information content (AvgIpc) is 3.05. The van der Waals surface area contributed by atoms with Crippen LogP contribution >= 0.6 is 0 Å². The first-order valence-corrected chi connectivity index (χ1v) is 11.4. The highest BCUT2D eigenvalue weighted by Crippen LogP contribution is 2.37. The number of hydrogen-bond acceptors (Lipinski definition) is 3. The summed E-state index contributed by atoms with van der Waals surface area (Å²) in [5.41, 5.74) is 2.94. The average molecular weight is 431 g/mol. The van der Waals surface area contributed by atoms with E-state index in [0.29, 0.717) is 25.9 Å². The third kappa shape index (κ3) is 4.93. The van der Waals surface area contributed by atoms with Gasteiger partial charge in [0.2, 0.25) is 5.91 Å². The molecule has 1 N–H and O–H groups in total. The van der Waals surface area contributed by atoms with E-state index in [1.54, 1.807) is 4.90 Å². The predicted molar refractivity (Wildman–Crippen MR) is 128 cm³/mol. The predicted octanol–water partition coefficient (Wildman–Crippen LogP) is 5.12. The van der Waals surface area contributed by atoms with Crippen LogP contribution in [0.5, 0.6) is 5.75 Å². The zero-order valence-corrected chi connectivity index (χ0v) is 18.8. The number of benzene rings is 3. The number of nitrogens with zero attached hydrogens (tertiary/aromatic N) is 1. The van der Waals surface area contributed by atoms with Crippen molar-refractivity contribution in [3.05, 3.63) is 71.8 Å². The maximum atomic E-state index is 12.8. The Morgan fingerprint density at radius 1 is 1.00 bits per heavy atom. The van der Waals surface area contributed by atoms with Crippen LogP contribution in [0.15, 0.2) is 60.7 Å². The van der Waals surface area contributed by atoms with E-state index < -0.39 is 0 Å². The molecule has 0 saturated heterocycles. The summed E-state index contributed by atoms with van der Waals surface area (Å²) in [6, 6.07) is 20.0. The minimum Gasteiger partial charge on any atom is -0.491 e. The lowest BCUT2D eigenvalue weighted by Crippen LogP contribution is -2.30. The molecule has 0 radical (unpaired) electrons. The van der Waals surface area contributed by atoms with E-state index in [1.807, 2.05) is 62.4 Å². The van der Waals surface area contributed by atoms with Crippen molar-refractivity contribution in [3.8, 4) is 5.75 Å². The van der Waals surface area contributed by atoms with Gasteiger partial charge >= 0.3 is 0 Å². The highest BCUT2D eigenvalue weighted by molar-refractivity contribution is 6.25. The zero-order valence-electron chi connectivity index (χ0n) is 18.8. The molecule has 0 fully saturated rings. The lowest BCUT2D eigenvalue weighted by molar-refractivity contribution is -0.121. The Hall–Kier alpha value is -3.34. The van der Waals surface area contributed by atoms with E-state index in [9.17, 15) is 9.59 Å². The molecule has 2 amide bonds. The van der Waals surface area contributed by atoms with Gasteiger partial charge in [-0.25, -0.2) is 0 Å². The second-order valence-corrected chi connectivity index (χ2v) is 8.51. The Balaban J connectivity index is 1.18. The summed E-state index contributed by atoms with van der Waals surface area (Å²) in [4.78, 5) is 26.8. The summed E-state index contributed by atoms with van der Waals surface area (Å²) in [6.45, 7) is 5.22. The van der Waals surface area contributed by atoms with E-state index in [0.717, 1.165) is 40.6 Å². The number of hydrogen-bond donors (Lipinski definition) is 1. The van der Waals surface area contributed by atoms with Gasteiger partial charge < -0.3 is 15.0 Å². The van der Waals surface area contributed by atoms with Crippen molar-refractivity contribution >= 4 is 28.3 Å². The molecule has 1 heterocycles. The third-order valence-corrected chi connectivity index (χ3v) is 5.69. The highest BCUT2D eigenvalue weighted by Gasteiger charge is 2.28. The van der Waals surface area contributed by atoms with E-state index in [2.05, 4.69) is 17.4 Å². The summed E-state index contributed by atoms with van der Waals surface area (Å²) in [6.07, 6.45) is 3.02. The molecule has 1 aliphatic rings. The third-order valence-electron chi connectivity index (χ3n) is 5.69. The normalized spacial score (nSPS) is 12.6. The summed E-state index contributed by atoms with van der Waals surface area (Å²) >= 11 is 0. The molecule has 3 aromatic carbocycles. The number of rotatable bonds is 10. The SMILES string of the molecule is CC(C)Oc1ccc(CCCNC(=O)CCCN2C(=O)c3cccc4cccc2c34)cc1. The van der Waals surface area contributed by atoms with Crippen molar-refractivity contribution < 1.29 is 14.3 Å². The molecule has 32 heavy (non-hydrogen) atoms. The molecule has 0 aromatic heterocycles. The van der Waals surface area contributed by atoms with Gasteiger partial charge in [0.25, 0.3) is 5.91 Å². The number of anilines is 1. The highest BCUT2D eigenvalue weighted by atomic mass is 16.5. The molecule has 166 valence electrons. The number of ether oxygens (including phenoxy) is 1. The van der Waals surface area contributed by atoms with E-state index in [1.165, 1.54) is 5.56 Å². The Morgan fingerprint density at radius 2 is 1.75 bits per heavy atom. The molecule has 0 atom stereocenters. The van der Waals surface area contributed by atoms with Gasteiger partial charge in [-0.3, -0.25) is 9.59 Å². The molecule has 5 nitrogen and oxygen atoms in total. The van der Waals surface area contributed by atoms with Crippen LogP contribution < -0.4 is 15.0 Å². The van der Waals surface area contributed by atoms with Crippen LogP contribution in [0.25, 0.3) is 10.8 Å². The van der Waals surface area contributed by atoms with Gasteiger partial charge in [-0.1, -0.05) is 36.4 Å². The smallest absolute Gasteiger partial charge is 0.258 e. The number of carbonyl (C=O) groups is 2. The quantitative estimate of drug-likeness (QED) is 0.455. The molecule has 3 aromatic rings. The van der Waals surface area contributed by atoms with Gasteiger partial charge in [0.1, 0.15) is 5.75 Å².